The number of hydrogen-bond acceptors (Lipinski definition) is 6. The number of fused-ring (bicyclic) bond motifs is 1. The van der Waals surface area contributed by atoms with E-state index < -0.39 is 5.25 Å². The topological polar surface area (TPSA) is 81.1 Å². The Labute approximate surface area is 186 Å². The number of aryl methyl sites for hydroxylation is 2. The van der Waals surface area contributed by atoms with Gasteiger partial charge in [0.25, 0.3) is 0 Å². The van der Waals surface area contributed by atoms with E-state index in [4.69, 9.17) is 4.74 Å². The average Bonchev–Trinajstić information content (AvgIpc) is 3.18. The van der Waals surface area contributed by atoms with E-state index in [2.05, 4.69) is 27.9 Å². The first kappa shape index (κ1) is 21.2. The van der Waals surface area contributed by atoms with Crippen LogP contribution in [-0.4, -0.2) is 33.1 Å². The van der Waals surface area contributed by atoms with Gasteiger partial charge in [0.2, 0.25) is 11.1 Å². The number of amides is 1. The number of hydrogen-bond donors (Lipinski definition) is 2. The molecule has 162 valence electrons. The van der Waals surface area contributed by atoms with E-state index in [0.717, 1.165) is 46.8 Å². The number of carbonyl (C=O) groups is 1. The van der Waals surface area contributed by atoms with Crippen LogP contribution in [0, 0.1) is 13.8 Å². The van der Waals surface area contributed by atoms with Crippen LogP contribution >= 0.6 is 11.8 Å². The molecule has 0 spiro atoms. The third-order valence-corrected chi connectivity index (χ3v) is 6.79. The van der Waals surface area contributed by atoms with Gasteiger partial charge in [-0.1, -0.05) is 43.0 Å². The monoisotopic (exact) mass is 437 g/mol. The van der Waals surface area contributed by atoms with Gasteiger partial charge in [0.15, 0.2) is 5.82 Å². The maximum Gasteiger partial charge on any atom is 0.240 e. The van der Waals surface area contributed by atoms with Crippen molar-refractivity contribution in [2.45, 2.75) is 50.1 Å². The van der Waals surface area contributed by atoms with Crippen LogP contribution in [-0.2, 0) is 11.2 Å². The third kappa shape index (κ3) is 4.25. The Bertz CT molecular complexity index is 1080. The number of anilines is 1. The molecule has 4 rings (SSSR count). The molecule has 0 aliphatic carbocycles. The van der Waals surface area contributed by atoms with Gasteiger partial charge in [0.05, 0.1) is 13.2 Å². The van der Waals surface area contributed by atoms with Gasteiger partial charge < -0.3 is 15.5 Å². The quantitative estimate of drug-likeness (QED) is 0.600. The highest BCUT2D eigenvalue weighted by atomic mass is 32.2. The van der Waals surface area contributed by atoms with Crippen LogP contribution in [0.3, 0.4) is 0 Å². The Morgan fingerprint density at radius 2 is 1.97 bits per heavy atom. The molecule has 1 aliphatic rings. The molecule has 0 radical (unpaired) electrons. The van der Waals surface area contributed by atoms with Crippen LogP contribution in [0.25, 0.3) is 0 Å². The molecule has 1 aliphatic heterocycles. The lowest BCUT2D eigenvalue weighted by molar-refractivity contribution is -0.116. The molecule has 31 heavy (non-hydrogen) atoms. The molecule has 0 saturated carbocycles. The second-order valence-electron chi connectivity index (χ2n) is 7.64. The van der Waals surface area contributed by atoms with Crippen molar-refractivity contribution >= 4 is 23.4 Å². The molecule has 2 aromatic carbocycles. The van der Waals surface area contributed by atoms with Crippen molar-refractivity contribution in [2.75, 3.05) is 17.9 Å². The van der Waals surface area contributed by atoms with E-state index in [0.29, 0.717) is 5.16 Å². The molecule has 0 bridgehead atoms. The van der Waals surface area contributed by atoms with Gasteiger partial charge in [-0.3, -0.25) is 4.79 Å². The SMILES string of the molecule is CCCc1nnc2n1N[C@@H](c1ccc(OC)cc1)[C@H](C(=O)Nc1cccc(C)c1C)S2. The minimum Gasteiger partial charge on any atom is -0.497 e. The standard InChI is InChI=1S/C23H27N5O2S/c1-5-7-19-25-26-23-28(19)27-20(16-10-12-17(30-4)13-11-16)21(31-23)22(29)24-18-9-6-8-14(2)15(18)3/h6,8-13,20-21,27H,5,7H2,1-4H3,(H,24,29)/t20-,21+/m0/s1. The molecule has 1 aromatic heterocycles. The van der Waals surface area contributed by atoms with E-state index in [9.17, 15) is 4.79 Å². The lowest BCUT2D eigenvalue weighted by Gasteiger charge is -2.33. The zero-order chi connectivity index (χ0) is 22.0. The molecule has 7 nitrogen and oxygen atoms in total. The minimum atomic E-state index is -0.417. The number of benzene rings is 2. The molecule has 2 N–H and O–H groups in total. The molecule has 1 amide bonds. The Hall–Kier alpha value is -3.00. The van der Waals surface area contributed by atoms with Crippen LogP contribution in [0.2, 0.25) is 0 Å². The largest absolute Gasteiger partial charge is 0.497 e. The van der Waals surface area contributed by atoms with Gasteiger partial charge in [-0.15, -0.1) is 10.2 Å². The van der Waals surface area contributed by atoms with E-state index >= 15 is 0 Å². The van der Waals surface area contributed by atoms with Gasteiger partial charge in [0, 0.05) is 12.1 Å². The second-order valence-corrected chi connectivity index (χ2v) is 8.75. The number of ether oxygens (including phenoxy) is 1. The summed E-state index contributed by atoms with van der Waals surface area (Å²) in [6, 6.07) is 13.5. The predicted molar refractivity (Wildman–Crippen MR) is 123 cm³/mol. The Kier molecular flexibility index (Phi) is 6.18. The first-order chi connectivity index (χ1) is 15.0. The van der Waals surface area contributed by atoms with Crippen molar-refractivity contribution in [3.63, 3.8) is 0 Å². The van der Waals surface area contributed by atoms with Crippen molar-refractivity contribution < 1.29 is 9.53 Å². The molecule has 0 saturated heterocycles. The fourth-order valence-corrected chi connectivity index (χ4v) is 4.73. The summed E-state index contributed by atoms with van der Waals surface area (Å²) < 4.78 is 7.22. The summed E-state index contributed by atoms with van der Waals surface area (Å²) in [5.41, 5.74) is 7.53. The molecule has 2 heterocycles. The summed E-state index contributed by atoms with van der Waals surface area (Å²) in [5.74, 6) is 1.58. The zero-order valence-corrected chi connectivity index (χ0v) is 19.0. The normalized spacial score (nSPS) is 17.5. The van der Waals surface area contributed by atoms with E-state index in [-0.39, 0.29) is 11.9 Å². The summed E-state index contributed by atoms with van der Waals surface area (Å²) in [6.45, 7) is 6.17. The van der Waals surface area contributed by atoms with E-state index in [1.165, 1.54) is 11.8 Å². The van der Waals surface area contributed by atoms with Gasteiger partial charge in [-0.25, -0.2) is 4.68 Å². The van der Waals surface area contributed by atoms with Crippen LogP contribution in [0.4, 0.5) is 5.69 Å². The summed E-state index contributed by atoms with van der Waals surface area (Å²) in [4.78, 5) is 13.4. The minimum absolute atomic E-state index is 0.0710. The van der Waals surface area contributed by atoms with Crippen LogP contribution < -0.4 is 15.5 Å². The number of carbonyl (C=O) groups excluding carboxylic acids is 1. The first-order valence-corrected chi connectivity index (χ1v) is 11.3. The van der Waals surface area contributed by atoms with Crippen molar-refractivity contribution in [1.29, 1.82) is 0 Å². The van der Waals surface area contributed by atoms with E-state index in [1.807, 2.05) is 61.0 Å². The summed E-state index contributed by atoms with van der Waals surface area (Å²) in [5, 5.41) is 12.0. The second kappa shape index (κ2) is 9.01. The number of methoxy groups -OCH3 is 1. The van der Waals surface area contributed by atoms with Crippen LogP contribution in [0.15, 0.2) is 47.6 Å². The lowest BCUT2D eigenvalue weighted by atomic mass is 10.0. The van der Waals surface area contributed by atoms with Gasteiger partial charge in [0.1, 0.15) is 11.0 Å². The molecule has 0 fully saturated rings. The number of nitrogens with zero attached hydrogens (tertiary/aromatic N) is 3. The smallest absolute Gasteiger partial charge is 0.240 e. The van der Waals surface area contributed by atoms with Crippen molar-refractivity contribution in [3.05, 3.63) is 65.0 Å². The number of nitrogens with one attached hydrogen (secondary N) is 2. The van der Waals surface area contributed by atoms with Crippen LogP contribution in [0.5, 0.6) is 5.75 Å². The molecular weight excluding hydrogens is 410 g/mol. The van der Waals surface area contributed by atoms with Crippen molar-refractivity contribution in [3.8, 4) is 5.75 Å². The van der Waals surface area contributed by atoms with Gasteiger partial charge in [-0.2, -0.15) is 0 Å². The van der Waals surface area contributed by atoms with Crippen molar-refractivity contribution in [2.24, 2.45) is 0 Å². The van der Waals surface area contributed by atoms with Crippen molar-refractivity contribution in [1.82, 2.24) is 14.9 Å². The number of thioether (sulfide) groups is 1. The highest BCUT2D eigenvalue weighted by Crippen LogP contribution is 2.38. The lowest BCUT2D eigenvalue weighted by Crippen LogP contribution is -2.41. The average molecular weight is 438 g/mol. The molecule has 8 heteroatoms. The number of aromatic nitrogens is 3. The first-order valence-electron chi connectivity index (χ1n) is 10.4. The molecule has 3 aromatic rings. The highest BCUT2D eigenvalue weighted by Gasteiger charge is 2.38. The zero-order valence-electron chi connectivity index (χ0n) is 18.2. The highest BCUT2D eigenvalue weighted by molar-refractivity contribution is 8.00. The fourth-order valence-electron chi connectivity index (χ4n) is 3.64. The molecule has 0 unspecified atom stereocenters. The molecular formula is C23H27N5O2S. The predicted octanol–water partition coefficient (Wildman–Crippen LogP) is 4.25. The maximum absolute atomic E-state index is 13.4. The Morgan fingerprint density at radius 1 is 1.19 bits per heavy atom. The summed E-state index contributed by atoms with van der Waals surface area (Å²) in [7, 11) is 1.64. The number of rotatable bonds is 6. The van der Waals surface area contributed by atoms with Gasteiger partial charge >= 0.3 is 0 Å². The van der Waals surface area contributed by atoms with Crippen LogP contribution in [0.1, 0.15) is 41.9 Å². The summed E-state index contributed by atoms with van der Waals surface area (Å²) >= 11 is 1.44. The van der Waals surface area contributed by atoms with E-state index in [1.54, 1.807) is 7.11 Å². The Balaban J connectivity index is 1.68. The molecule has 2 atom stereocenters. The summed E-state index contributed by atoms with van der Waals surface area (Å²) in [6.07, 6.45) is 1.78. The van der Waals surface area contributed by atoms with Gasteiger partial charge in [-0.05, 0) is 55.2 Å². The Morgan fingerprint density at radius 3 is 2.68 bits per heavy atom. The third-order valence-electron chi connectivity index (χ3n) is 5.57. The maximum atomic E-state index is 13.4. The fraction of sp³-hybridized carbons (Fsp3) is 0.348.